The number of nitrogens with zero attached hydrogens (tertiary/aromatic N) is 4. The second-order valence-corrected chi connectivity index (χ2v) is 9.40. The molecular weight excluding hydrogens is 499 g/mol. The van der Waals surface area contributed by atoms with Crippen LogP contribution in [0.25, 0.3) is 22.8 Å². The molecule has 5 N–H and O–H groups in total. The first-order valence-electron chi connectivity index (χ1n) is 11.6. The number of hydrogen-bond acceptors (Lipinski definition) is 7. The Morgan fingerprint density at radius 3 is 2.83 bits per heavy atom. The Morgan fingerprint density at radius 2 is 2.03 bits per heavy atom. The van der Waals surface area contributed by atoms with Crippen LogP contribution in [0.2, 0.25) is 10.0 Å². The molecule has 184 valence electrons. The van der Waals surface area contributed by atoms with Crippen molar-refractivity contribution in [3.8, 4) is 22.8 Å². The van der Waals surface area contributed by atoms with E-state index in [4.69, 9.17) is 28.9 Å². The summed E-state index contributed by atoms with van der Waals surface area (Å²) in [6, 6.07) is 12.4. The Balaban J connectivity index is 1.34. The minimum Gasteiger partial charge on any atom is -0.382 e. The summed E-state index contributed by atoms with van der Waals surface area (Å²) < 4.78 is 0. The highest BCUT2D eigenvalue weighted by Gasteiger charge is 2.21. The summed E-state index contributed by atoms with van der Waals surface area (Å²) in [6.07, 6.45) is 3.71. The molecule has 1 aliphatic heterocycles. The standard InChI is InChI=1S/C25H24Cl2N8O/c26-18-7-6-14(9-19(18)27)11-31-25(36)16-4-1-3-15(10-16)20-13-30-22(28)21(32-20)24-33-23(34-35-24)17-5-2-8-29-12-17/h1,3-4,6-7,9-10,13,17,29H,2,5,8,11-12H2,(H2,28,30)(H,31,36)(H,33,34,35). The number of halogens is 2. The molecule has 5 rings (SSSR count). The number of rotatable bonds is 6. The van der Waals surface area contributed by atoms with Crippen molar-refractivity contribution in [3.63, 3.8) is 0 Å². The van der Waals surface area contributed by atoms with Crippen molar-refractivity contribution < 1.29 is 4.79 Å². The van der Waals surface area contributed by atoms with Crippen LogP contribution in [0.3, 0.4) is 0 Å². The summed E-state index contributed by atoms with van der Waals surface area (Å²) in [7, 11) is 0. The van der Waals surface area contributed by atoms with Gasteiger partial charge in [0.1, 0.15) is 5.82 Å². The highest BCUT2D eigenvalue weighted by atomic mass is 35.5. The molecule has 0 bridgehead atoms. The molecule has 2 aromatic heterocycles. The van der Waals surface area contributed by atoms with Gasteiger partial charge in [-0.15, -0.1) is 0 Å². The van der Waals surface area contributed by atoms with Gasteiger partial charge >= 0.3 is 0 Å². The van der Waals surface area contributed by atoms with E-state index in [2.05, 4.69) is 35.8 Å². The lowest BCUT2D eigenvalue weighted by molar-refractivity contribution is 0.0951. The van der Waals surface area contributed by atoms with Crippen LogP contribution < -0.4 is 16.4 Å². The van der Waals surface area contributed by atoms with Gasteiger partial charge < -0.3 is 16.4 Å². The highest BCUT2D eigenvalue weighted by molar-refractivity contribution is 6.42. The molecule has 4 aromatic rings. The van der Waals surface area contributed by atoms with Crippen LogP contribution in [-0.2, 0) is 6.54 Å². The number of nitrogens with two attached hydrogens (primary N) is 1. The largest absolute Gasteiger partial charge is 0.382 e. The monoisotopic (exact) mass is 522 g/mol. The first-order chi connectivity index (χ1) is 17.5. The van der Waals surface area contributed by atoms with Crippen LogP contribution in [0.1, 0.15) is 40.5 Å². The number of H-pyrrole nitrogens is 1. The van der Waals surface area contributed by atoms with E-state index in [1.54, 1.807) is 36.5 Å². The van der Waals surface area contributed by atoms with E-state index >= 15 is 0 Å². The third-order valence-corrected chi connectivity index (χ3v) is 6.80. The van der Waals surface area contributed by atoms with E-state index in [-0.39, 0.29) is 17.6 Å². The summed E-state index contributed by atoms with van der Waals surface area (Å²) in [6.45, 7) is 2.19. The van der Waals surface area contributed by atoms with Crippen molar-refractivity contribution in [1.82, 2.24) is 35.8 Å². The summed E-state index contributed by atoms with van der Waals surface area (Å²) in [5.74, 6) is 1.49. The number of aromatic nitrogens is 5. The Hall–Kier alpha value is -3.53. The summed E-state index contributed by atoms with van der Waals surface area (Å²) in [4.78, 5) is 26.4. The van der Waals surface area contributed by atoms with E-state index in [9.17, 15) is 4.79 Å². The predicted molar refractivity (Wildman–Crippen MR) is 140 cm³/mol. The summed E-state index contributed by atoms with van der Waals surface area (Å²) >= 11 is 12.0. The smallest absolute Gasteiger partial charge is 0.251 e. The lowest BCUT2D eigenvalue weighted by Crippen LogP contribution is -2.28. The second-order valence-electron chi connectivity index (χ2n) is 8.59. The molecule has 1 saturated heterocycles. The number of nitrogens with one attached hydrogen (secondary N) is 3. The van der Waals surface area contributed by atoms with Gasteiger partial charge in [0.2, 0.25) is 5.82 Å². The normalized spacial score (nSPS) is 15.6. The van der Waals surface area contributed by atoms with Gasteiger partial charge in [0.15, 0.2) is 11.5 Å². The van der Waals surface area contributed by atoms with E-state index in [1.807, 2.05) is 12.1 Å². The summed E-state index contributed by atoms with van der Waals surface area (Å²) in [5.41, 5.74) is 9.12. The minimum absolute atomic E-state index is 0.230. The number of nitrogen functional groups attached to an aromatic ring is 1. The molecule has 36 heavy (non-hydrogen) atoms. The number of carbonyl (C=O) groups excluding carboxylic acids is 1. The van der Waals surface area contributed by atoms with Crippen molar-refractivity contribution in [3.05, 3.63) is 75.7 Å². The fourth-order valence-electron chi connectivity index (χ4n) is 4.10. The molecule has 9 nitrogen and oxygen atoms in total. The van der Waals surface area contributed by atoms with Gasteiger partial charge in [-0.05, 0) is 49.2 Å². The molecule has 3 heterocycles. The average Bonchev–Trinajstić information content (AvgIpc) is 3.40. The Bertz CT molecular complexity index is 1400. The number of benzene rings is 2. The first kappa shape index (κ1) is 24.2. The van der Waals surface area contributed by atoms with Gasteiger partial charge in [-0.1, -0.05) is 41.4 Å². The molecule has 1 unspecified atom stereocenters. The number of aromatic amines is 1. The van der Waals surface area contributed by atoms with Gasteiger partial charge in [0.05, 0.1) is 21.9 Å². The van der Waals surface area contributed by atoms with Crippen molar-refractivity contribution in [2.75, 3.05) is 18.8 Å². The molecule has 1 atom stereocenters. The second kappa shape index (κ2) is 10.6. The SMILES string of the molecule is Nc1ncc(-c2cccc(C(=O)NCc3ccc(Cl)c(Cl)c3)c2)nc1-c1n[nH]c(C2CCCNC2)n1. The fourth-order valence-corrected chi connectivity index (χ4v) is 4.42. The lowest BCUT2D eigenvalue weighted by atomic mass is 9.99. The third kappa shape index (κ3) is 5.33. The molecule has 0 saturated carbocycles. The molecule has 1 fully saturated rings. The van der Waals surface area contributed by atoms with Crippen LogP contribution in [0.5, 0.6) is 0 Å². The molecule has 0 aliphatic carbocycles. The molecular formula is C25H24Cl2N8O. The molecule has 2 aromatic carbocycles. The molecule has 1 aliphatic rings. The lowest BCUT2D eigenvalue weighted by Gasteiger charge is -2.20. The van der Waals surface area contributed by atoms with Gasteiger partial charge in [-0.2, -0.15) is 5.10 Å². The third-order valence-electron chi connectivity index (χ3n) is 6.06. The Kier molecular flexibility index (Phi) is 7.13. The molecule has 1 amide bonds. The maximum Gasteiger partial charge on any atom is 0.251 e. The fraction of sp³-hybridized carbons (Fsp3) is 0.240. The summed E-state index contributed by atoms with van der Waals surface area (Å²) in [5, 5.41) is 14.5. The topological polar surface area (TPSA) is 134 Å². The number of amides is 1. The molecule has 0 spiro atoms. The first-order valence-corrected chi connectivity index (χ1v) is 12.3. The Morgan fingerprint density at radius 1 is 1.14 bits per heavy atom. The number of anilines is 1. The van der Waals surface area contributed by atoms with Crippen molar-refractivity contribution in [1.29, 1.82) is 0 Å². The van der Waals surface area contributed by atoms with Crippen LogP contribution in [0.4, 0.5) is 5.82 Å². The van der Waals surface area contributed by atoms with Crippen LogP contribution in [-0.4, -0.2) is 44.1 Å². The van der Waals surface area contributed by atoms with E-state index in [0.29, 0.717) is 39.4 Å². The van der Waals surface area contributed by atoms with Crippen molar-refractivity contribution >= 4 is 34.9 Å². The van der Waals surface area contributed by atoms with Gasteiger partial charge in [0, 0.05) is 30.1 Å². The van der Waals surface area contributed by atoms with E-state index in [0.717, 1.165) is 42.9 Å². The maximum atomic E-state index is 12.8. The predicted octanol–water partition coefficient (Wildman–Crippen LogP) is 4.21. The number of piperidine rings is 1. The minimum atomic E-state index is -0.230. The van der Waals surface area contributed by atoms with Gasteiger partial charge in [-0.3, -0.25) is 9.89 Å². The average molecular weight is 523 g/mol. The van der Waals surface area contributed by atoms with Crippen molar-refractivity contribution in [2.24, 2.45) is 0 Å². The van der Waals surface area contributed by atoms with Crippen molar-refractivity contribution in [2.45, 2.75) is 25.3 Å². The zero-order valence-corrected chi connectivity index (χ0v) is 20.8. The highest BCUT2D eigenvalue weighted by Crippen LogP contribution is 2.27. The maximum absolute atomic E-state index is 12.8. The van der Waals surface area contributed by atoms with Crippen LogP contribution >= 0.6 is 23.2 Å². The van der Waals surface area contributed by atoms with Crippen LogP contribution in [0, 0.1) is 0 Å². The van der Waals surface area contributed by atoms with Gasteiger partial charge in [-0.25, -0.2) is 15.0 Å². The zero-order valence-electron chi connectivity index (χ0n) is 19.3. The van der Waals surface area contributed by atoms with Gasteiger partial charge in [0.25, 0.3) is 5.91 Å². The molecule has 0 radical (unpaired) electrons. The Labute approximate surface area is 217 Å². The molecule has 11 heteroatoms. The number of carbonyl (C=O) groups is 1. The van der Waals surface area contributed by atoms with Crippen LogP contribution in [0.15, 0.2) is 48.7 Å². The quantitative estimate of drug-likeness (QED) is 0.297. The number of hydrogen-bond donors (Lipinski definition) is 4. The zero-order chi connectivity index (χ0) is 25.1. The van der Waals surface area contributed by atoms with E-state index < -0.39 is 0 Å². The van der Waals surface area contributed by atoms with E-state index in [1.165, 1.54) is 0 Å².